The first-order valence-electron chi connectivity index (χ1n) is 6.57. The molecule has 1 aliphatic carbocycles. The van der Waals surface area contributed by atoms with E-state index in [0.29, 0.717) is 17.7 Å². The maximum Gasteiger partial charge on any atom is 0.230 e. The van der Waals surface area contributed by atoms with Gasteiger partial charge in [-0.3, -0.25) is 4.79 Å². The van der Waals surface area contributed by atoms with Gasteiger partial charge in [0.2, 0.25) is 11.0 Å². The van der Waals surface area contributed by atoms with Gasteiger partial charge >= 0.3 is 0 Å². The fourth-order valence-electron chi connectivity index (χ4n) is 1.32. The Kier molecular flexibility index (Phi) is 5.04. The van der Waals surface area contributed by atoms with Gasteiger partial charge < -0.3 is 10.6 Å². The van der Waals surface area contributed by atoms with Gasteiger partial charge in [0.15, 0.2) is 4.34 Å². The summed E-state index contributed by atoms with van der Waals surface area (Å²) in [6, 6.07) is 0.788. The molecule has 1 aromatic rings. The van der Waals surface area contributed by atoms with Gasteiger partial charge in [-0.25, -0.2) is 0 Å². The minimum absolute atomic E-state index is 0.0538. The van der Waals surface area contributed by atoms with E-state index in [1.807, 2.05) is 6.92 Å². The van der Waals surface area contributed by atoms with Crippen molar-refractivity contribution in [3.05, 3.63) is 0 Å². The standard InChI is InChI=1S/C12H20N4OS2/c1-7(2)8(3)13-10(17)6-18-12-16-15-11(19-12)14-9-4-5-9/h7-9H,4-6H2,1-3H3,(H,13,17)(H,14,15). The second-order valence-electron chi connectivity index (χ2n) is 5.18. The van der Waals surface area contributed by atoms with Crippen LogP contribution in [0.5, 0.6) is 0 Å². The molecule has 0 saturated heterocycles. The van der Waals surface area contributed by atoms with Gasteiger partial charge in [0.05, 0.1) is 5.75 Å². The number of nitrogens with one attached hydrogen (secondary N) is 2. The minimum atomic E-state index is 0.0538. The SMILES string of the molecule is CC(C)C(C)NC(=O)CSc1nnc(NC2CC2)s1. The molecule has 1 fully saturated rings. The molecule has 0 spiro atoms. The maximum absolute atomic E-state index is 11.7. The van der Waals surface area contributed by atoms with E-state index in [0.717, 1.165) is 9.47 Å². The number of amides is 1. The van der Waals surface area contributed by atoms with E-state index in [1.165, 1.54) is 35.9 Å². The molecule has 5 nitrogen and oxygen atoms in total. The predicted molar refractivity (Wildman–Crippen MR) is 79.7 cm³/mol. The van der Waals surface area contributed by atoms with Crippen LogP contribution in [0, 0.1) is 5.92 Å². The number of aromatic nitrogens is 2. The molecule has 2 N–H and O–H groups in total. The van der Waals surface area contributed by atoms with Crippen molar-refractivity contribution in [3.8, 4) is 0 Å². The number of anilines is 1. The summed E-state index contributed by atoms with van der Waals surface area (Å²) >= 11 is 2.96. The minimum Gasteiger partial charge on any atom is -0.357 e. The molecule has 2 rings (SSSR count). The monoisotopic (exact) mass is 300 g/mol. The van der Waals surface area contributed by atoms with Gasteiger partial charge in [-0.2, -0.15) is 0 Å². The van der Waals surface area contributed by atoms with Crippen LogP contribution in [0.15, 0.2) is 4.34 Å². The van der Waals surface area contributed by atoms with Crippen LogP contribution in [0.25, 0.3) is 0 Å². The number of carbonyl (C=O) groups is 1. The van der Waals surface area contributed by atoms with Gasteiger partial charge in [0.1, 0.15) is 0 Å². The summed E-state index contributed by atoms with van der Waals surface area (Å²) in [5, 5.41) is 15.3. The van der Waals surface area contributed by atoms with Crippen LogP contribution < -0.4 is 10.6 Å². The topological polar surface area (TPSA) is 66.9 Å². The number of rotatable bonds is 7. The van der Waals surface area contributed by atoms with Crippen molar-refractivity contribution in [2.45, 2.75) is 50.0 Å². The Bertz CT molecular complexity index is 431. The molecule has 1 amide bonds. The van der Waals surface area contributed by atoms with Gasteiger partial charge in [-0.05, 0) is 25.7 Å². The molecule has 1 atom stereocenters. The third kappa shape index (κ3) is 4.99. The Morgan fingerprint density at radius 2 is 2.16 bits per heavy atom. The zero-order valence-electron chi connectivity index (χ0n) is 11.5. The number of carbonyl (C=O) groups excluding carboxylic acids is 1. The van der Waals surface area contributed by atoms with E-state index < -0.39 is 0 Å². The Labute approximate surface area is 122 Å². The summed E-state index contributed by atoms with van der Waals surface area (Å²) < 4.78 is 0.843. The highest BCUT2D eigenvalue weighted by molar-refractivity contribution is 8.01. The zero-order chi connectivity index (χ0) is 13.8. The summed E-state index contributed by atoms with van der Waals surface area (Å²) in [5.74, 6) is 0.901. The van der Waals surface area contributed by atoms with Crippen LogP contribution >= 0.6 is 23.1 Å². The summed E-state index contributed by atoms with van der Waals surface area (Å²) in [4.78, 5) is 11.7. The maximum atomic E-state index is 11.7. The first-order chi connectivity index (χ1) is 9.04. The van der Waals surface area contributed by atoms with Crippen LogP contribution in [0.1, 0.15) is 33.6 Å². The van der Waals surface area contributed by atoms with Crippen LogP contribution in [0.2, 0.25) is 0 Å². The van der Waals surface area contributed by atoms with Crippen LogP contribution in [0.4, 0.5) is 5.13 Å². The summed E-state index contributed by atoms with van der Waals surface area (Å²) in [5.41, 5.74) is 0. The van der Waals surface area contributed by atoms with E-state index in [1.54, 1.807) is 0 Å². The number of thioether (sulfide) groups is 1. The van der Waals surface area contributed by atoms with Crippen molar-refractivity contribution in [1.29, 1.82) is 0 Å². The third-order valence-electron chi connectivity index (χ3n) is 3.03. The quantitative estimate of drug-likeness (QED) is 0.757. The van der Waals surface area contributed by atoms with Gasteiger partial charge in [-0.1, -0.05) is 36.9 Å². The summed E-state index contributed by atoms with van der Waals surface area (Å²) in [6.07, 6.45) is 2.44. The van der Waals surface area contributed by atoms with Crippen LogP contribution in [-0.4, -0.2) is 33.9 Å². The third-order valence-corrected chi connectivity index (χ3v) is 5.01. The Hall–Kier alpha value is -0.820. The lowest BCUT2D eigenvalue weighted by molar-refractivity contribution is -0.119. The molecule has 106 valence electrons. The Morgan fingerprint density at radius 3 is 2.79 bits per heavy atom. The smallest absolute Gasteiger partial charge is 0.230 e. The fraction of sp³-hybridized carbons (Fsp3) is 0.750. The molecule has 0 radical (unpaired) electrons. The summed E-state index contributed by atoms with van der Waals surface area (Å²) in [6.45, 7) is 6.22. The average Bonchev–Trinajstić information content (AvgIpc) is 3.04. The summed E-state index contributed by atoms with van der Waals surface area (Å²) in [7, 11) is 0. The molecular formula is C12H20N4OS2. The lowest BCUT2D eigenvalue weighted by Gasteiger charge is -2.16. The van der Waals surface area contributed by atoms with Crippen molar-refractivity contribution < 1.29 is 4.79 Å². The van der Waals surface area contributed by atoms with E-state index >= 15 is 0 Å². The fourth-order valence-corrected chi connectivity index (χ4v) is 2.96. The highest BCUT2D eigenvalue weighted by Gasteiger charge is 2.22. The van der Waals surface area contributed by atoms with Gasteiger partial charge in [0.25, 0.3) is 0 Å². The molecule has 0 aromatic carbocycles. The number of hydrogen-bond acceptors (Lipinski definition) is 6. The van der Waals surface area contributed by atoms with Crippen molar-refractivity contribution in [2.75, 3.05) is 11.1 Å². The first kappa shape index (κ1) is 14.6. The molecule has 1 heterocycles. The predicted octanol–water partition coefficient (Wildman–Crippen LogP) is 2.37. The zero-order valence-corrected chi connectivity index (χ0v) is 13.1. The number of hydrogen-bond donors (Lipinski definition) is 2. The van der Waals surface area contributed by atoms with E-state index in [4.69, 9.17) is 0 Å². The first-order valence-corrected chi connectivity index (χ1v) is 8.37. The largest absolute Gasteiger partial charge is 0.357 e. The highest BCUT2D eigenvalue weighted by Crippen LogP contribution is 2.30. The average molecular weight is 300 g/mol. The van der Waals surface area contributed by atoms with Crippen molar-refractivity contribution in [2.24, 2.45) is 5.92 Å². The molecular weight excluding hydrogens is 280 g/mol. The van der Waals surface area contributed by atoms with Gasteiger partial charge in [0, 0.05) is 12.1 Å². The van der Waals surface area contributed by atoms with E-state index in [-0.39, 0.29) is 11.9 Å². The van der Waals surface area contributed by atoms with E-state index in [2.05, 4.69) is 34.7 Å². The lowest BCUT2D eigenvalue weighted by Crippen LogP contribution is -2.37. The van der Waals surface area contributed by atoms with Crippen LogP contribution in [0.3, 0.4) is 0 Å². The molecule has 1 aliphatic rings. The molecule has 0 bridgehead atoms. The van der Waals surface area contributed by atoms with Crippen molar-refractivity contribution in [3.63, 3.8) is 0 Å². The second kappa shape index (κ2) is 6.56. The molecule has 19 heavy (non-hydrogen) atoms. The highest BCUT2D eigenvalue weighted by atomic mass is 32.2. The molecule has 7 heteroatoms. The molecule has 1 unspecified atom stereocenters. The number of nitrogens with zero attached hydrogens (tertiary/aromatic N) is 2. The lowest BCUT2D eigenvalue weighted by atomic mass is 10.1. The Morgan fingerprint density at radius 1 is 1.42 bits per heavy atom. The van der Waals surface area contributed by atoms with Crippen molar-refractivity contribution >= 4 is 34.1 Å². The van der Waals surface area contributed by atoms with Crippen LogP contribution in [-0.2, 0) is 4.79 Å². The molecule has 1 aromatic heterocycles. The van der Waals surface area contributed by atoms with Gasteiger partial charge in [-0.15, -0.1) is 10.2 Å². The van der Waals surface area contributed by atoms with Crippen molar-refractivity contribution in [1.82, 2.24) is 15.5 Å². The Balaban J connectivity index is 1.71. The normalized spacial score (nSPS) is 16.4. The molecule has 1 saturated carbocycles. The van der Waals surface area contributed by atoms with E-state index in [9.17, 15) is 4.79 Å². The second-order valence-corrected chi connectivity index (χ2v) is 7.38. The molecule has 0 aliphatic heterocycles.